The first-order valence-electron chi connectivity index (χ1n) is 15.9. The van der Waals surface area contributed by atoms with Crippen LogP contribution in [0.25, 0.3) is 44.2 Å². The van der Waals surface area contributed by atoms with Crippen LogP contribution < -0.4 is 4.74 Å². The maximum absolute atomic E-state index is 6.98. The van der Waals surface area contributed by atoms with Crippen LogP contribution in [-0.4, -0.2) is 0 Å². The molecule has 0 radical (unpaired) electrons. The topological polar surface area (TPSA) is 9.23 Å². The largest absolute Gasteiger partial charge is 0.456 e. The van der Waals surface area contributed by atoms with Crippen molar-refractivity contribution in [1.82, 2.24) is 0 Å². The minimum Gasteiger partial charge on any atom is -0.456 e. The molecule has 212 valence electrons. The van der Waals surface area contributed by atoms with Crippen LogP contribution in [-0.2, 0) is 10.8 Å². The Balaban J connectivity index is 1.31. The van der Waals surface area contributed by atoms with E-state index in [-0.39, 0.29) is 5.41 Å². The van der Waals surface area contributed by atoms with Gasteiger partial charge in [-0.1, -0.05) is 147 Å². The van der Waals surface area contributed by atoms with Crippen LogP contribution >= 0.6 is 0 Å². The maximum Gasteiger partial charge on any atom is 0.140 e. The number of rotatable bonds is 1. The van der Waals surface area contributed by atoms with Crippen molar-refractivity contribution in [3.63, 3.8) is 0 Å². The molecule has 0 saturated carbocycles. The Morgan fingerprint density at radius 1 is 0.444 bits per heavy atom. The van der Waals surface area contributed by atoms with Crippen molar-refractivity contribution < 1.29 is 4.74 Å². The van der Waals surface area contributed by atoms with E-state index in [0.717, 1.165) is 16.9 Å². The summed E-state index contributed by atoms with van der Waals surface area (Å²) in [6.45, 7) is 4.74. The second kappa shape index (κ2) is 8.61. The number of hydrogen-bond acceptors (Lipinski definition) is 1. The van der Waals surface area contributed by atoms with Crippen LogP contribution in [0.3, 0.4) is 0 Å². The summed E-state index contributed by atoms with van der Waals surface area (Å²) in [6, 6.07) is 53.7. The van der Waals surface area contributed by atoms with Crippen molar-refractivity contribution in [2.45, 2.75) is 24.7 Å². The molecule has 0 aromatic heterocycles. The van der Waals surface area contributed by atoms with Gasteiger partial charge in [-0.15, -0.1) is 0 Å². The van der Waals surface area contributed by atoms with Crippen LogP contribution in [0, 0.1) is 0 Å². The fraction of sp³-hybridized carbons (Fsp3) is 0.0909. The van der Waals surface area contributed by atoms with Crippen LogP contribution in [0.1, 0.15) is 47.2 Å². The molecule has 10 rings (SSSR count). The van der Waals surface area contributed by atoms with Crippen molar-refractivity contribution in [3.05, 3.63) is 179 Å². The smallest absolute Gasteiger partial charge is 0.140 e. The molecule has 1 aliphatic heterocycles. The highest BCUT2D eigenvalue weighted by Crippen LogP contribution is 2.63. The second-order valence-corrected chi connectivity index (χ2v) is 13.2. The average molecular weight is 575 g/mol. The van der Waals surface area contributed by atoms with E-state index in [2.05, 4.69) is 159 Å². The zero-order chi connectivity index (χ0) is 29.9. The second-order valence-electron chi connectivity index (χ2n) is 13.2. The van der Waals surface area contributed by atoms with Crippen molar-refractivity contribution in [1.29, 1.82) is 0 Å². The van der Waals surface area contributed by atoms with Crippen molar-refractivity contribution in [3.8, 4) is 44.9 Å². The molecular formula is C44H30O. The lowest BCUT2D eigenvalue weighted by Gasteiger charge is -2.40. The SMILES string of the molecule is CC1(C)c2ccccc2-c2cccc(-c3ccc4c(c3)C3(c5ccccc5-c5ccccc53)c3ccc5ccccc5c3O4)c21. The first kappa shape index (κ1) is 25.0. The van der Waals surface area contributed by atoms with E-state index in [9.17, 15) is 0 Å². The first-order valence-corrected chi connectivity index (χ1v) is 15.9. The van der Waals surface area contributed by atoms with Gasteiger partial charge in [-0.3, -0.25) is 0 Å². The summed E-state index contributed by atoms with van der Waals surface area (Å²) in [5.41, 5.74) is 15.0. The Labute approximate surface area is 263 Å². The van der Waals surface area contributed by atoms with E-state index in [1.54, 1.807) is 0 Å². The van der Waals surface area contributed by atoms with E-state index >= 15 is 0 Å². The predicted octanol–water partition coefficient (Wildman–Crippen LogP) is 11.3. The molecule has 0 atom stereocenters. The molecule has 0 amide bonds. The average Bonchev–Trinajstić information content (AvgIpc) is 3.51. The zero-order valence-corrected chi connectivity index (χ0v) is 25.3. The molecule has 2 aliphatic carbocycles. The van der Waals surface area contributed by atoms with Crippen LogP contribution in [0.2, 0.25) is 0 Å². The van der Waals surface area contributed by atoms with E-state index in [0.29, 0.717) is 0 Å². The van der Waals surface area contributed by atoms with Gasteiger partial charge in [0, 0.05) is 21.9 Å². The zero-order valence-electron chi connectivity index (χ0n) is 25.3. The maximum atomic E-state index is 6.98. The minimum absolute atomic E-state index is 0.106. The van der Waals surface area contributed by atoms with E-state index in [1.807, 2.05) is 0 Å². The fourth-order valence-corrected chi connectivity index (χ4v) is 8.89. The van der Waals surface area contributed by atoms with Gasteiger partial charge in [-0.2, -0.15) is 0 Å². The molecule has 7 aromatic rings. The van der Waals surface area contributed by atoms with Gasteiger partial charge in [-0.25, -0.2) is 0 Å². The van der Waals surface area contributed by atoms with Crippen molar-refractivity contribution in [2.24, 2.45) is 0 Å². The van der Waals surface area contributed by atoms with E-state index in [1.165, 1.54) is 72.1 Å². The Bertz CT molecular complexity index is 2340. The molecule has 0 N–H and O–H groups in total. The molecule has 0 unspecified atom stereocenters. The lowest BCUT2D eigenvalue weighted by Crippen LogP contribution is -2.32. The Morgan fingerprint density at radius 3 is 1.80 bits per heavy atom. The van der Waals surface area contributed by atoms with Gasteiger partial charge in [0.25, 0.3) is 0 Å². The molecule has 1 heteroatoms. The molecule has 45 heavy (non-hydrogen) atoms. The van der Waals surface area contributed by atoms with Gasteiger partial charge in [0.15, 0.2) is 0 Å². The van der Waals surface area contributed by atoms with Gasteiger partial charge in [0.05, 0.1) is 5.41 Å². The molecule has 7 aromatic carbocycles. The summed E-state index contributed by atoms with van der Waals surface area (Å²) >= 11 is 0. The highest BCUT2D eigenvalue weighted by atomic mass is 16.5. The molecule has 0 fully saturated rings. The summed E-state index contributed by atoms with van der Waals surface area (Å²) in [5, 5.41) is 2.33. The standard InChI is InChI=1S/C44H30O/c1-43(2)35-19-8-5-16-33(35)34-18-11-17-29(41(34)43)28-23-25-40-39(26-28)44(38-24-22-27-12-3-4-13-30(27)42(38)45-40)36-20-9-6-14-31(36)32-15-7-10-21-37(32)44/h3-26H,1-2H3. The third kappa shape index (κ3) is 3.03. The predicted molar refractivity (Wildman–Crippen MR) is 184 cm³/mol. The van der Waals surface area contributed by atoms with Gasteiger partial charge in [-0.05, 0) is 73.2 Å². The summed E-state index contributed by atoms with van der Waals surface area (Å²) in [6.07, 6.45) is 0. The Kier molecular flexibility index (Phi) is 4.78. The lowest BCUT2D eigenvalue weighted by molar-refractivity contribution is 0.442. The number of hydrogen-bond donors (Lipinski definition) is 0. The molecule has 1 nitrogen and oxygen atoms in total. The summed E-state index contributed by atoms with van der Waals surface area (Å²) < 4.78 is 6.98. The third-order valence-electron chi connectivity index (χ3n) is 10.7. The van der Waals surface area contributed by atoms with Crippen molar-refractivity contribution in [2.75, 3.05) is 0 Å². The summed E-state index contributed by atoms with van der Waals surface area (Å²) in [4.78, 5) is 0. The summed E-state index contributed by atoms with van der Waals surface area (Å²) in [5.74, 6) is 1.88. The molecule has 1 spiro atoms. The van der Waals surface area contributed by atoms with E-state index in [4.69, 9.17) is 4.74 Å². The molecule has 0 saturated heterocycles. The lowest BCUT2D eigenvalue weighted by atomic mass is 9.65. The van der Waals surface area contributed by atoms with Gasteiger partial charge in [0.2, 0.25) is 0 Å². The highest BCUT2D eigenvalue weighted by Gasteiger charge is 2.51. The molecule has 0 bridgehead atoms. The monoisotopic (exact) mass is 574 g/mol. The fourth-order valence-electron chi connectivity index (χ4n) is 8.89. The molecule has 1 heterocycles. The number of ether oxygens (including phenoxy) is 1. The Hall–Kier alpha value is -5.40. The van der Waals surface area contributed by atoms with E-state index < -0.39 is 5.41 Å². The normalized spacial score (nSPS) is 15.4. The molecule has 3 aliphatic rings. The Morgan fingerprint density at radius 2 is 1.04 bits per heavy atom. The van der Waals surface area contributed by atoms with Crippen LogP contribution in [0.4, 0.5) is 0 Å². The molecular weight excluding hydrogens is 544 g/mol. The minimum atomic E-state index is -0.507. The summed E-state index contributed by atoms with van der Waals surface area (Å²) in [7, 11) is 0. The van der Waals surface area contributed by atoms with Crippen LogP contribution in [0.15, 0.2) is 146 Å². The quantitative estimate of drug-likeness (QED) is 0.189. The van der Waals surface area contributed by atoms with Gasteiger partial charge >= 0.3 is 0 Å². The highest BCUT2D eigenvalue weighted by molar-refractivity contribution is 5.96. The first-order chi connectivity index (χ1) is 22.1. The van der Waals surface area contributed by atoms with Crippen molar-refractivity contribution >= 4 is 10.8 Å². The van der Waals surface area contributed by atoms with Crippen LogP contribution in [0.5, 0.6) is 11.5 Å². The van der Waals surface area contributed by atoms with Gasteiger partial charge in [0.1, 0.15) is 11.5 Å². The number of benzene rings is 7. The number of fused-ring (bicyclic) bond motifs is 14. The van der Waals surface area contributed by atoms with Gasteiger partial charge < -0.3 is 4.74 Å². The third-order valence-corrected chi connectivity index (χ3v) is 10.7.